The van der Waals surface area contributed by atoms with Crippen molar-refractivity contribution >= 4 is 108 Å². The molecule has 0 heterocycles. The smallest absolute Gasteiger partial charge is 0.000718 e. The van der Waals surface area contributed by atoms with Crippen molar-refractivity contribution in [1.29, 1.82) is 0 Å². The van der Waals surface area contributed by atoms with Gasteiger partial charge in [-0.2, -0.15) is 0 Å². The van der Waals surface area contributed by atoms with E-state index in [-0.39, 0.29) is 0 Å². The van der Waals surface area contributed by atoms with Crippen LogP contribution in [0.25, 0.3) is 152 Å². The summed E-state index contributed by atoms with van der Waals surface area (Å²) in [4.78, 5) is 0. The van der Waals surface area contributed by atoms with Crippen molar-refractivity contribution in [1.82, 2.24) is 0 Å². The van der Waals surface area contributed by atoms with Crippen LogP contribution in [0.2, 0.25) is 0 Å². The maximum absolute atomic E-state index is 2.57. The van der Waals surface area contributed by atoms with Crippen molar-refractivity contribution in [3.05, 3.63) is 218 Å². The van der Waals surface area contributed by atoms with Crippen LogP contribution in [0.3, 0.4) is 0 Å². The Morgan fingerprint density at radius 3 is 1.56 bits per heavy atom. The first-order valence-electron chi connectivity index (χ1n) is 22.4. The van der Waals surface area contributed by atoms with Crippen molar-refractivity contribution in [2.24, 2.45) is 0 Å². The topological polar surface area (TPSA) is 0 Å². The van der Waals surface area contributed by atoms with E-state index in [1.165, 1.54) is 152 Å². The van der Waals surface area contributed by atoms with Crippen LogP contribution in [-0.2, 0) is 0 Å². The van der Waals surface area contributed by atoms with Crippen molar-refractivity contribution in [3.63, 3.8) is 0 Å². The predicted octanol–water partition coefficient (Wildman–Crippen LogP) is 18.2. The Labute approximate surface area is 368 Å². The lowest BCUT2D eigenvalue weighted by molar-refractivity contribution is 1.61. The number of fused-ring (bicyclic) bond motifs is 9. The molecule has 0 N–H and O–H groups in total. The third-order valence-corrected chi connectivity index (χ3v) is 14.6. The van der Waals surface area contributed by atoms with Crippen LogP contribution in [0.5, 0.6) is 0 Å². The van der Waals surface area contributed by atoms with Gasteiger partial charge in [0.2, 0.25) is 0 Å². The van der Waals surface area contributed by atoms with Crippen molar-refractivity contribution in [2.45, 2.75) is 0 Å². The second kappa shape index (κ2) is 12.6. The zero-order valence-corrected chi connectivity index (χ0v) is 34.8. The highest BCUT2D eigenvalue weighted by Crippen LogP contribution is 2.56. The molecule has 0 bridgehead atoms. The summed E-state index contributed by atoms with van der Waals surface area (Å²) < 4.78 is 0. The van der Waals surface area contributed by atoms with Crippen LogP contribution < -0.4 is 0 Å². The highest BCUT2D eigenvalue weighted by atomic mass is 14.3. The molecular formula is C64H36. The lowest BCUT2D eigenvalue weighted by Crippen LogP contribution is -1.92. The lowest BCUT2D eigenvalue weighted by Gasteiger charge is -2.20. The van der Waals surface area contributed by atoms with Crippen molar-refractivity contribution in [2.75, 3.05) is 0 Å². The molecule has 15 aromatic rings. The van der Waals surface area contributed by atoms with E-state index >= 15 is 0 Å². The molecule has 0 nitrogen and oxygen atoms in total. The van der Waals surface area contributed by atoms with E-state index < -0.39 is 0 Å². The van der Waals surface area contributed by atoms with Crippen LogP contribution in [-0.4, -0.2) is 0 Å². The fraction of sp³-hybridized carbons (Fsp3) is 0. The molecule has 0 fully saturated rings. The average Bonchev–Trinajstić information content (AvgIpc) is 3.85. The van der Waals surface area contributed by atoms with E-state index in [4.69, 9.17) is 0 Å². The molecular weight excluding hydrogens is 769 g/mol. The van der Waals surface area contributed by atoms with Crippen LogP contribution >= 0.6 is 0 Å². The molecule has 292 valence electrons. The molecule has 0 saturated heterocycles. The minimum absolute atomic E-state index is 1.22. The summed E-state index contributed by atoms with van der Waals surface area (Å²) in [5.41, 5.74) is 9.96. The van der Waals surface area contributed by atoms with E-state index in [1.54, 1.807) is 0 Å². The van der Waals surface area contributed by atoms with Crippen molar-refractivity contribution < 1.29 is 0 Å². The standard InChI is InChI=1S/C64H36/c1-3-14-37(15-4-1)41-20-12-21-43(32-41)58-54-35-51-49-27-13-26-47-46-24-8-7-18-42(46)33-53(60(47)49)52(51)36-55(54)61(48-25-10-9-23-45(48)38-16-5-2-6-17-38)63-50-31-30-40-29-28-39-19-11-22-44-34-56(64(58)63)62(50)59(40)57(39)44/h1-36H. The molecule has 0 atom stereocenters. The van der Waals surface area contributed by atoms with Gasteiger partial charge in [-0.15, -0.1) is 0 Å². The summed E-state index contributed by atoms with van der Waals surface area (Å²) in [7, 11) is 0. The predicted molar refractivity (Wildman–Crippen MR) is 277 cm³/mol. The monoisotopic (exact) mass is 804 g/mol. The van der Waals surface area contributed by atoms with Gasteiger partial charge < -0.3 is 0 Å². The maximum Gasteiger partial charge on any atom is -0.000718 e. The molecule has 0 spiro atoms. The zero-order valence-electron chi connectivity index (χ0n) is 34.8. The van der Waals surface area contributed by atoms with Crippen LogP contribution in [0.4, 0.5) is 0 Å². The van der Waals surface area contributed by atoms with Gasteiger partial charge in [0.05, 0.1) is 0 Å². The molecule has 64 heavy (non-hydrogen) atoms. The Morgan fingerprint density at radius 2 is 0.719 bits per heavy atom. The van der Waals surface area contributed by atoms with Crippen LogP contribution in [0.1, 0.15) is 0 Å². The van der Waals surface area contributed by atoms with E-state index in [1.807, 2.05) is 0 Å². The van der Waals surface area contributed by atoms with Gasteiger partial charge in [0, 0.05) is 0 Å². The third-order valence-electron chi connectivity index (χ3n) is 14.6. The van der Waals surface area contributed by atoms with Gasteiger partial charge in [0.15, 0.2) is 0 Å². The largest absolute Gasteiger partial charge is 0.0622 e. The summed E-state index contributed by atoms with van der Waals surface area (Å²) in [5.74, 6) is 0. The van der Waals surface area contributed by atoms with Crippen molar-refractivity contribution in [3.8, 4) is 44.5 Å². The van der Waals surface area contributed by atoms with E-state index in [0.717, 1.165) is 0 Å². The van der Waals surface area contributed by atoms with Gasteiger partial charge in [0.1, 0.15) is 0 Å². The minimum Gasteiger partial charge on any atom is -0.0622 e. The second-order valence-electron chi connectivity index (χ2n) is 17.8. The number of hydrogen-bond donors (Lipinski definition) is 0. The average molecular weight is 805 g/mol. The fourth-order valence-electron chi connectivity index (χ4n) is 12.0. The Hall–Kier alpha value is -8.32. The fourth-order valence-corrected chi connectivity index (χ4v) is 12.0. The summed E-state index contributed by atoms with van der Waals surface area (Å²) in [5, 5.41) is 26.3. The number of benzene rings is 13. The Kier molecular flexibility index (Phi) is 6.77. The maximum atomic E-state index is 2.57. The number of hydrogen-bond acceptors (Lipinski definition) is 0. The molecule has 0 aliphatic rings. The van der Waals surface area contributed by atoms with E-state index in [0.29, 0.717) is 0 Å². The summed E-state index contributed by atoms with van der Waals surface area (Å²) in [6, 6.07) is 82.4. The van der Waals surface area contributed by atoms with Gasteiger partial charge in [0.25, 0.3) is 0 Å². The molecule has 0 heteroatoms. The molecule has 0 saturated carbocycles. The second-order valence-corrected chi connectivity index (χ2v) is 17.8. The summed E-state index contributed by atoms with van der Waals surface area (Å²) in [6.07, 6.45) is 0. The highest BCUT2D eigenvalue weighted by Gasteiger charge is 2.28. The van der Waals surface area contributed by atoms with Gasteiger partial charge in [-0.1, -0.05) is 188 Å². The third kappa shape index (κ3) is 4.51. The highest BCUT2D eigenvalue weighted by molar-refractivity contribution is 6.46. The van der Waals surface area contributed by atoms with E-state index in [9.17, 15) is 0 Å². The Balaban J connectivity index is 1.23. The van der Waals surface area contributed by atoms with Gasteiger partial charge >= 0.3 is 0 Å². The summed E-state index contributed by atoms with van der Waals surface area (Å²) >= 11 is 0. The van der Waals surface area contributed by atoms with Gasteiger partial charge in [-0.3, -0.25) is 0 Å². The van der Waals surface area contributed by atoms with Gasteiger partial charge in [-0.05, 0) is 183 Å². The number of rotatable bonds is 4. The molecule has 0 aromatic heterocycles. The normalized spacial score (nSPS) is 12.4. The molecule has 0 amide bonds. The Bertz CT molecular complexity index is 4390. The first-order chi connectivity index (χ1) is 31.8. The first kappa shape index (κ1) is 34.3. The molecule has 15 aromatic carbocycles. The molecule has 0 radical (unpaired) electrons. The lowest BCUT2D eigenvalue weighted by atomic mass is 9.83. The SMILES string of the molecule is c1ccc(-c2cccc(-c3c4cc5c(cc4c(-c4ccccc4-c4ccccc4)c4c6ccc7ccc8cccc9cc(c34)c6c7c89)c3cc4ccccc4c4cccc5c43)c2)cc1. The molecule has 0 aliphatic carbocycles. The first-order valence-corrected chi connectivity index (χ1v) is 22.4. The Morgan fingerprint density at radius 1 is 0.172 bits per heavy atom. The van der Waals surface area contributed by atoms with E-state index in [2.05, 4.69) is 218 Å². The molecule has 0 aliphatic heterocycles. The molecule has 0 unspecified atom stereocenters. The van der Waals surface area contributed by atoms with Gasteiger partial charge in [-0.25, -0.2) is 0 Å². The summed E-state index contributed by atoms with van der Waals surface area (Å²) in [6.45, 7) is 0. The molecule has 15 rings (SSSR count). The van der Waals surface area contributed by atoms with Crippen LogP contribution in [0, 0.1) is 0 Å². The minimum atomic E-state index is 1.22. The van der Waals surface area contributed by atoms with Crippen LogP contribution in [0.15, 0.2) is 218 Å². The zero-order chi connectivity index (χ0) is 41.6. The quantitative estimate of drug-likeness (QED) is 0.155.